The first-order valence-electron chi connectivity index (χ1n) is 9.67. The minimum absolute atomic E-state index is 0.0801. The third kappa shape index (κ3) is 5.37. The van der Waals surface area contributed by atoms with Gasteiger partial charge in [0.25, 0.3) is 0 Å². The minimum atomic E-state index is -3.52. The highest BCUT2D eigenvalue weighted by Crippen LogP contribution is 2.24. The van der Waals surface area contributed by atoms with Crippen molar-refractivity contribution in [3.8, 4) is 0 Å². The number of hydrogen-bond acceptors (Lipinski definition) is 5. The van der Waals surface area contributed by atoms with Crippen LogP contribution in [0.1, 0.15) is 18.4 Å². The standard InChI is InChI=1S/C21H25N3O5S/c1-29-21(26)23-18-9-7-16(8-10-18)15-22-20(25)17-11-13-24(14-12-17)30(27,28)19-5-3-2-4-6-19/h2-10,17H,11-15H2,1H3,(H,22,25)(H,23,26). The summed E-state index contributed by atoms with van der Waals surface area (Å²) >= 11 is 0. The van der Waals surface area contributed by atoms with Crippen molar-refractivity contribution in [1.29, 1.82) is 0 Å². The van der Waals surface area contributed by atoms with Crippen LogP contribution >= 0.6 is 0 Å². The fourth-order valence-electron chi connectivity index (χ4n) is 3.31. The van der Waals surface area contributed by atoms with Crippen molar-refractivity contribution in [2.24, 2.45) is 5.92 Å². The maximum atomic E-state index is 12.7. The molecular weight excluding hydrogens is 406 g/mol. The molecule has 1 fully saturated rings. The molecule has 0 atom stereocenters. The molecule has 1 heterocycles. The third-order valence-corrected chi connectivity index (χ3v) is 6.97. The molecule has 2 N–H and O–H groups in total. The smallest absolute Gasteiger partial charge is 0.411 e. The van der Waals surface area contributed by atoms with Crippen LogP contribution in [0.5, 0.6) is 0 Å². The van der Waals surface area contributed by atoms with Gasteiger partial charge in [-0.15, -0.1) is 0 Å². The zero-order valence-corrected chi connectivity index (χ0v) is 17.5. The Bertz CT molecular complexity index is 969. The Labute approximate surface area is 176 Å². The number of ether oxygens (including phenoxy) is 1. The fourth-order valence-corrected chi connectivity index (χ4v) is 4.80. The molecule has 2 aromatic carbocycles. The Morgan fingerprint density at radius 3 is 2.27 bits per heavy atom. The number of methoxy groups -OCH3 is 1. The van der Waals surface area contributed by atoms with Crippen molar-refractivity contribution in [1.82, 2.24) is 9.62 Å². The van der Waals surface area contributed by atoms with Gasteiger partial charge >= 0.3 is 6.09 Å². The van der Waals surface area contributed by atoms with E-state index in [1.807, 2.05) is 0 Å². The maximum absolute atomic E-state index is 12.7. The number of benzene rings is 2. The molecule has 0 saturated carbocycles. The quantitative estimate of drug-likeness (QED) is 0.732. The first-order valence-corrected chi connectivity index (χ1v) is 11.1. The summed E-state index contributed by atoms with van der Waals surface area (Å²) in [6.07, 6.45) is 0.427. The van der Waals surface area contributed by atoms with Gasteiger partial charge in [0, 0.05) is 31.2 Å². The third-order valence-electron chi connectivity index (χ3n) is 5.06. The number of piperidine rings is 1. The van der Waals surface area contributed by atoms with Gasteiger partial charge in [0.15, 0.2) is 0 Å². The molecule has 9 heteroatoms. The first kappa shape index (κ1) is 21.8. The van der Waals surface area contributed by atoms with Gasteiger partial charge in [-0.05, 0) is 42.7 Å². The van der Waals surface area contributed by atoms with Crippen LogP contribution in [-0.4, -0.2) is 44.9 Å². The summed E-state index contributed by atoms with van der Waals surface area (Å²) in [5.41, 5.74) is 1.49. The molecule has 1 aliphatic heterocycles. The van der Waals surface area contributed by atoms with Crippen LogP contribution in [0.4, 0.5) is 10.5 Å². The summed E-state index contributed by atoms with van der Waals surface area (Å²) in [5.74, 6) is -0.295. The average molecular weight is 432 g/mol. The second kappa shape index (κ2) is 9.73. The van der Waals surface area contributed by atoms with E-state index in [0.29, 0.717) is 38.2 Å². The molecule has 3 rings (SSSR count). The summed E-state index contributed by atoms with van der Waals surface area (Å²) < 4.78 is 31.3. The van der Waals surface area contributed by atoms with Crippen LogP contribution in [0.3, 0.4) is 0 Å². The molecule has 0 unspecified atom stereocenters. The Hall–Kier alpha value is -2.91. The normalized spacial score (nSPS) is 15.4. The molecule has 30 heavy (non-hydrogen) atoms. The lowest BCUT2D eigenvalue weighted by Crippen LogP contribution is -2.42. The van der Waals surface area contributed by atoms with E-state index in [-0.39, 0.29) is 16.7 Å². The lowest BCUT2D eigenvalue weighted by molar-refractivity contribution is -0.126. The number of anilines is 1. The lowest BCUT2D eigenvalue weighted by atomic mass is 9.97. The van der Waals surface area contributed by atoms with Crippen LogP contribution in [0.15, 0.2) is 59.5 Å². The number of sulfonamides is 1. The van der Waals surface area contributed by atoms with Crippen molar-refractivity contribution in [2.45, 2.75) is 24.3 Å². The number of rotatable bonds is 6. The summed E-state index contributed by atoms with van der Waals surface area (Å²) in [6, 6.07) is 15.4. The second-order valence-electron chi connectivity index (χ2n) is 7.02. The van der Waals surface area contributed by atoms with E-state index in [1.54, 1.807) is 54.6 Å². The van der Waals surface area contributed by atoms with Crippen LogP contribution in [-0.2, 0) is 26.1 Å². The van der Waals surface area contributed by atoms with Gasteiger partial charge < -0.3 is 10.1 Å². The SMILES string of the molecule is COC(=O)Nc1ccc(CNC(=O)C2CCN(S(=O)(=O)c3ccccc3)CC2)cc1. The Morgan fingerprint density at radius 2 is 1.67 bits per heavy atom. The molecule has 2 aromatic rings. The van der Waals surface area contributed by atoms with Crippen molar-refractivity contribution in [3.63, 3.8) is 0 Å². The van der Waals surface area contributed by atoms with Gasteiger partial charge in [-0.25, -0.2) is 13.2 Å². The van der Waals surface area contributed by atoms with E-state index in [1.165, 1.54) is 11.4 Å². The summed E-state index contributed by atoms with van der Waals surface area (Å²) in [4.78, 5) is 24.0. The van der Waals surface area contributed by atoms with Gasteiger partial charge in [0.2, 0.25) is 15.9 Å². The van der Waals surface area contributed by atoms with Crippen molar-refractivity contribution in [2.75, 3.05) is 25.5 Å². The predicted octanol–water partition coefficient (Wildman–Crippen LogP) is 2.58. The summed E-state index contributed by atoms with van der Waals surface area (Å²) in [5, 5.41) is 5.47. The summed E-state index contributed by atoms with van der Waals surface area (Å²) in [7, 11) is -2.23. The second-order valence-corrected chi connectivity index (χ2v) is 8.96. The predicted molar refractivity (Wildman–Crippen MR) is 112 cm³/mol. The molecule has 0 radical (unpaired) electrons. The van der Waals surface area contributed by atoms with Gasteiger partial charge in [0.1, 0.15) is 0 Å². The van der Waals surface area contributed by atoms with E-state index in [9.17, 15) is 18.0 Å². The Kier molecular flexibility index (Phi) is 7.07. The van der Waals surface area contributed by atoms with Crippen LogP contribution in [0.25, 0.3) is 0 Å². The molecular formula is C21H25N3O5S. The molecule has 0 aliphatic carbocycles. The van der Waals surface area contributed by atoms with Gasteiger partial charge in [0.05, 0.1) is 12.0 Å². The average Bonchev–Trinajstić information content (AvgIpc) is 2.79. The molecule has 0 spiro atoms. The molecule has 160 valence electrons. The van der Waals surface area contributed by atoms with Gasteiger partial charge in [-0.1, -0.05) is 30.3 Å². The molecule has 1 saturated heterocycles. The molecule has 2 amide bonds. The van der Waals surface area contributed by atoms with Crippen LogP contribution in [0, 0.1) is 5.92 Å². The molecule has 0 aromatic heterocycles. The number of nitrogens with one attached hydrogen (secondary N) is 2. The Morgan fingerprint density at radius 1 is 1.03 bits per heavy atom. The fraction of sp³-hybridized carbons (Fsp3) is 0.333. The number of carbonyl (C=O) groups is 2. The topological polar surface area (TPSA) is 105 Å². The number of nitrogens with zero attached hydrogens (tertiary/aromatic N) is 1. The van der Waals surface area contributed by atoms with E-state index in [2.05, 4.69) is 15.4 Å². The zero-order chi connectivity index (χ0) is 21.6. The molecule has 8 nitrogen and oxygen atoms in total. The molecule has 0 bridgehead atoms. The highest BCUT2D eigenvalue weighted by molar-refractivity contribution is 7.89. The van der Waals surface area contributed by atoms with E-state index >= 15 is 0 Å². The monoisotopic (exact) mass is 431 g/mol. The minimum Gasteiger partial charge on any atom is -0.453 e. The largest absolute Gasteiger partial charge is 0.453 e. The summed E-state index contributed by atoms with van der Waals surface area (Å²) in [6.45, 7) is 1.01. The van der Waals surface area contributed by atoms with Crippen molar-refractivity contribution >= 4 is 27.7 Å². The van der Waals surface area contributed by atoms with E-state index in [4.69, 9.17) is 0 Å². The maximum Gasteiger partial charge on any atom is 0.411 e. The van der Waals surface area contributed by atoms with Crippen molar-refractivity contribution < 1.29 is 22.7 Å². The van der Waals surface area contributed by atoms with Crippen LogP contribution in [0.2, 0.25) is 0 Å². The first-order chi connectivity index (χ1) is 14.4. The van der Waals surface area contributed by atoms with Gasteiger partial charge in [-0.3, -0.25) is 10.1 Å². The van der Waals surface area contributed by atoms with Crippen molar-refractivity contribution in [3.05, 3.63) is 60.2 Å². The number of amides is 2. The number of hydrogen-bond donors (Lipinski definition) is 2. The lowest BCUT2D eigenvalue weighted by Gasteiger charge is -2.30. The Balaban J connectivity index is 1.48. The van der Waals surface area contributed by atoms with Gasteiger partial charge in [-0.2, -0.15) is 4.31 Å². The van der Waals surface area contributed by atoms with Crippen LogP contribution < -0.4 is 10.6 Å². The number of carbonyl (C=O) groups excluding carboxylic acids is 2. The highest BCUT2D eigenvalue weighted by atomic mass is 32.2. The zero-order valence-electron chi connectivity index (χ0n) is 16.7. The van der Waals surface area contributed by atoms with E-state index < -0.39 is 16.1 Å². The molecule has 1 aliphatic rings. The highest BCUT2D eigenvalue weighted by Gasteiger charge is 2.31. The van der Waals surface area contributed by atoms with E-state index in [0.717, 1.165) is 5.56 Å².